The van der Waals surface area contributed by atoms with Crippen LogP contribution in [0.15, 0.2) is 164 Å². The lowest BCUT2D eigenvalue weighted by atomic mass is 9.83. The van der Waals surface area contributed by atoms with Gasteiger partial charge in [0, 0.05) is 65.9 Å². The number of hydrogen-bond acceptors (Lipinski definition) is 27. The van der Waals surface area contributed by atoms with Crippen LogP contribution in [-0.2, 0) is 79.6 Å². The summed E-state index contributed by atoms with van der Waals surface area (Å²) in [6, 6.07) is 49.6. The molecule has 800 valence electrons. The van der Waals surface area contributed by atoms with E-state index in [0.29, 0.717) is 95.0 Å². The van der Waals surface area contributed by atoms with Crippen LogP contribution in [0.25, 0.3) is 44.5 Å². The first-order chi connectivity index (χ1) is 69.9. The molecule has 0 aliphatic carbocycles. The van der Waals surface area contributed by atoms with Gasteiger partial charge in [-0.05, 0) is 343 Å². The Kier molecular flexibility index (Phi) is 48.3. The second-order valence-electron chi connectivity index (χ2n) is 41.7. The molecule has 6 N–H and O–H groups in total. The number of rotatable bonds is 38. The highest BCUT2D eigenvalue weighted by Gasteiger charge is 2.40. The average Bonchev–Trinajstić information content (AvgIpc) is 0.806. The molecule has 6 fully saturated rings. The van der Waals surface area contributed by atoms with Gasteiger partial charge in [-0.25, -0.2) is 14.4 Å². The fourth-order valence-electron chi connectivity index (χ4n) is 20.2. The van der Waals surface area contributed by atoms with Crippen molar-refractivity contribution in [1.29, 1.82) is 0 Å². The standard InChI is InChI=1S/C21H25NO2.C20H29NO5.C20H25NO3.C20H25NO2.C19H29NO5.C19H35NO4/c1-21(2,18-12-14-22-15-13-18)24-20(23)11-10-17-8-5-7-16-6-3-4-9-19(16)17;1-20(2,15-8-10-21-11-9-15)26-18(22)7-6-14-12-16(23-3)19(25-5)17(13-14)24-4;1-20(2,16-10-12-21-13-11-16)24-19(22)14-23-18-9-5-7-15-6-3-4-8-17(15)18;1-20(2,18-9-11-21-12-10-18)23-19(22)14-15-7-8-16-5-3-4-6-17(16)13-15;1-19(2,14-6-8-20-9-7-14)25-17(21)12-13-10-15(22-3)18(24-5)16(11-13)23-4;1-19(2,16-12-14-20-15-13-16)24-18(22)11-9-7-5-4-6-8-10-17(21)23-3/h3-11,18,22H,12-15H2,1-2H3;6-7,12-13,15,21H,8-11H2,1-5H3;3-9,16,21H,10-14H2,1-2H3;3-8,13,18,21H,9-12,14H2,1-2H3;10-11,14,20H,6-9,12H2,1-5H3;16,20H,4-15H2,1-3H3/b11-10+;7-6+;;;;. The third-order valence-corrected chi connectivity index (χ3v) is 29.1. The van der Waals surface area contributed by atoms with E-state index in [0.717, 1.165) is 238 Å². The first kappa shape index (κ1) is 118. The van der Waals surface area contributed by atoms with Crippen LogP contribution in [0.4, 0.5) is 0 Å². The smallest absolute Gasteiger partial charge is 0.344 e. The Bertz CT molecular complexity index is 5400. The van der Waals surface area contributed by atoms with Gasteiger partial charge in [0.2, 0.25) is 11.5 Å². The third kappa shape index (κ3) is 38.4. The van der Waals surface area contributed by atoms with Crippen LogP contribution in [0.3, 0.4) is 0 Å². The van der Waals surface area contributed by atoms with Crippen LogP contribution < -0.4 is 65.1 Å². The summed E-state index contributed by atoms with van der Waals surface area (Å²) in [5.41, 5.74) is 0.974. The van der Waals surface area contributed by atoms with E-state index in [9.17, 15) is 33.6 Å². The highest BCUT2D eigenvalue weighted by atomic mass is 16.6. The number of hydrogen-bond donors (Lipinski definition) is 6. The van der Waals surface area contributed by atoms with Crippen LogP contribution in [0.1, 0.15) is 234 Å². The quantitative estimate of drug-likeness (QED) is 0.00906. The first-order valence-electron chi connectivity index (χ1n) is 52.6. The van der Waals surface area contributed by atoms with Crippen LogP contribution in [0.2, 0.25) is 0 Å². The van der Waals surface area contributed by atoms with Gasteiger partial charge in [0.1, 0.15) is 39.4 Å². The largest absolute Gasteiger partial charge is 0.493 e. The molecule has 0 unspecified atom stereocenters. The van der Waals surface area contributed by atoms with Gasteiger partial charge in [0.05, 0.1) is 62.6 Å². The molecule has 6 saturated heterocycles. The van der Waals surface area contributed by atoms with Crippen molar-refractivity contribution in [2.24, 2.45) is 35.5 Å². The Balaban J connectivity index is 0.000000195. The molecule has 146 heavy (non-hydrogen) atoms. The number of carbonyl (C=O) groups excluding carboxylic acids is 7. The van der Waals surface area contributed by atoms with Crippen molar-refractivity contribution < 1.29 is 99.9 Å². The van der Waals surface area contributed by atoms with Crippen LogP contribution in [0.5, 0.6) is 40.2 Å². The van der Waals surface area contributed by atoms with E-state index in [4.69, 9.17) is 61.6 Å². The highest BCUT2D eigenvalue weighted by molar-refractivity contribution is 5.95. The molecule has 6 heterocycles. The molecule has 0 bridgehead atoms. The van der Waals surface area contributed by atoms with Crippen LogP contribution >= 0.6 is 0 Å². The monoisotopic (exact) mass is 2020 g/mol. The zero-order chi connectivity index (χ0) is 106. The minimum atomic E-state index is -0.487. The van der Waals surface area contributed by atoms with Gasteiger partial charge < -0.3 is 98.2 Å². The fourth-order valence-corrected chi connectivity index (χ4v) is 20.2. The summed E-state index contributed by atoms with van der Waals surface area (Å²) >= 11 is 0. The second-order valence-corrected chi connectivity index (χ2v) is 41.7. The number of benzene rings is 8. The van der Waals surface area contributed by atoms with E-state index >= 15 is 0 Å². The van der Waals surface area contributed by atoms with E-state index in [1.54, 1.807) is 79.1 Å². The SMILES string of the molecule is CC(C)(OC(=O)/C=C/c1cccc2ccccc12)C1CCNCC1.CC(C)(OC(=O)COc1cccc2ccccc12)C1CCNCC1.CC(C)(OC(=O)Cc1ccc2ccccc2c1)C1CCNCC1.COC(=O)CCCCCCCCC(=O)OC(C)(C)C1CCNCC1.COc1cc(/C=C/C(=O)OC(C)(C)C2CCNCC2)cc(OC)c1OC.COc1cc(CC(=O)OC(C)(C)C2CCNCC2)cc(OC)c1OC. The number of fused-ring (bicyclic) bond motifs is 3. The fraction of sp³-hybridized carbons (Fsp3) is 0.555. The molecule has 6 aliphatic rings. The number of nitrogens with one attached hydrogen (secondary N) is 6. The number of esters is 7. The van der Waals surface area contributed by atoms with Gasteiger partial charge in [-0.15, -0.1) is 0 Å². The molecule has 8 aromatic rings. The molecule has 0 aromatic heterocycles. The number of ether oxygens (including phenoxy) is 14. The molecular weight excluding hydrogens is 1850 g/mol. The molecule has 0 atom stereocenters. The molecular formula is C119H168N6O21. The molecule has 0 saturated carbocycles. The summed E-state index contributed by atoms with van der Waals surface area (Å²) in [5, 5.41) is 26.8. The summed E-state index contributed by atoms with van der Waals surface area (Å²) in [6.45, 7) is 36.0. The van der Waals surface area contributed by atoms with Crippen molar-refractivity contribution in [3.63, 3.8) is 0 Å². The Morgan fingerprint density at radius 3 is 1.01 bits per heavy atom. The Morgan fingerprint density at radius 2 is 0.610 bits per heavy atom. The first-order valence-corrected chi connectivity index (χ1v) is 52.6. The molecule has 0 spiro atoms. The van der Waals surface area contributed by atoms with Gasteiger partial charge >= 0.3 is 41.8 Å². The van der Waals surface area contributed by atoms with Crippen molar-refractivity contribution in [1.82, 2.24) is 31.9 Å². The van der Waals surface area contributed by atoms with Crippen molar-refractivity contribution >= 4 is 86.3 Å². The lowest BCUT2D eigenvalue weighted by Gasteiger charge is -2.36. The molecule has 0 radical (unpaired) electrons. The predicted octanol–water partition coefficient (Wildman–Crippen LogP) is 20.6. The minimum absolute atomic E-state index is 0.0655. The van der Waals surface area contributed by atoms with Crippen LogP contribution in [0, 0.1) is 35.5 Å². The number of unbranched alkanes of at least 4 members (excludes halogenated alkanes) is 5. The normalized spacial score (nSPS) is 16.0. The van der Waals surface area contributed by atoms with E-state index in [1.807, 2.05) is 174 Å². The van der Waals surface area contributed by atoms with Crippen molar-refractivity contribution in [3.8, 4) is 40.2 Å². The minimum Gasteiger partial charge on any atom is -0.493 e. The number of piperidine rings is 6. The maximum absolute atomic E-state index is 12.5. The maximum Gasteiger partial charge on any atom is 0.344 e. The Morgan fingerprint density at radius 1 is 0.288 bits per heavy atom. The number of carbonyl (C=O) groups is 7. The number of methoxy groups -OCH3 is 7. The molecule has 27 heteroatoms. The van der Waals surface area contributed by atoms with Gasteiger partial charge in [0.25, 0.3) is 0 Å². The van der Waals surface area contributed by atoms with E-state index < -0.39 is 28.0 Å². The Hall–Kier alpha value is -11.3. The summed E-state index contributed by atoms with van der Waals surface area (Å²) in [6.07, 6.45) is 26.6. The van der Waals surface area contributed by atoms with Crippen molar-refractivity contribution in [3.05, 3.63) is 186 Å². The highest BCUT2D eigenvalue weighted by Crippen LogP contribution is 2.43. The lowest BCUT2D eigenvalue weighted by molar-refractivity contribution is -0.165. The van der Waals surface area contributed by atoms with Crippen LogP contribution in [-0.4, -0.2) is 210 Å². The van der Waals surface area contributed by atoms with Crippen molar-refractivity contribution in [2.75, 3.05) is 135 Å². The predicted molar refractivity (Wildman–Crippen MR) is 579 cm³/mol. The third-order valence-electron chi connectivity index (χ3n) is 29.1. The summed E-state index contributed by atoms with van der Waals surface area (Å²) < 4.78 is 76.8. The second kappa shape index (κ2) is 59.6. The molecule has 0 amide bonds. The zero-order valence-corrected chi connectivity index (χ0v) is 90.5. The van der Waals surface area contributed by atoms with Gasteiger partial charge in [-0.2, -0.15) is 0 Å². The Labute approximate surface area is 867 Å². The topological polar surface area (TPSA) is 321 Å². The van der Waals surface area contributed by atoms with E-state index in [2.05, 4.69) is 79.1 Å². The summed E-state index contributed by atoms with van der Waals surface area (Å²) in [5.74, 6) is 4.77. The van der Waals surface area contributed by atoms with E-state index in [-0.39, 0.29) is 60.4 Å². The van der Waals surface area contributed by atoms with Gasteiger partial charge in [0.15, 0.2) is 29.6 Å². The molecule has 8 aromatic carbocycles. The zero-order valence-electron chi connectivity index (χ0n) is 90.5. The average molecular weight is 2020 g/mol. The summed E-state index contributed by atoms with van der Waals surface area (Å²) in [4.78, 5) is 84.7. The molecule has 6 aliphatic heterocycles. The maximum atomic E-state index is 12.5. The van der Waals surface area contributed by atoms with Gasteiger partial charge in [-0.1, -0.05) is 147 Å². The van der Waals surface area contributed by atoms with Gasteiger partial charge in [-0.3, -0.25) is 19.2 Å². The van der Waals surface area contributed by atoms with Crippen molar-refractivity contribution in [2.45, 2.75) is 258 Å². The lowest BCUT2D eigenvalue weighted by Crippen LogP contribution is -2.43. The molecule has 14 rings (SSSR count). The summed E-state index contributed by atoms with van der Waals surface area (Å²) in [7, 11) is 10.8. The van der Waals surface area contributed by atoms with E-state index in [1.165, 1.54) is 24.0 Å². The molecule has 27 nitrogen and oxygen atoms in total.